The molecule has 0 radical (unpaired) electrons. The molecule has 10 nitrogen and oxygen atoms in total. The Morgan fingerprint density at radius 1 is 1.13 bits per heavy atom. The highest BCUT2D eigenvalue weighted by molar-refractivity contribution is 5.76. The Morgan fingerprint density at radius 2 is 1.90 bits per heavy atom. The average molecular weight is 425 g/mol. The van der Waals surface area contributed by atoms with Gasteiger partial charge in [0.05, 0.1) is 6.33 Å². The van der Waals surface area contributed by atoms with Crippen LogP contribution in [0.1, 0.15) is 31.2 Å². The van der Waals surface area contributed by atoms with Crippen molar-refractivity contribution < 1.29 is 4.79 Å². The van der Waals surface area contributed by atoms with Gasteiger partial charge in [0.15, 0.2) is 11.2 Å². The van der Waals surface area contributed by atoms with E-state index in [1.165, 1.54) is 24.5 Å². The van der Waals surface area contributed by atoms with Crippen LogP contribution in [0.3, 0.4) is 0 Å². The van der Waals surface area contributed by atoms with Crippen LogP contribution < -0.4 is 21.5 Å². The number of hydrogen-bond acceptors (Lipinski definition) is 6. The Balaban J connectivity index is 1.33. The van der Waals surface area contributed by atoms with Gasteiger partial charge in [0.1, 0.15) is 5.82 Å². The van der Waals surface area contributed by atoms with Gasteiger partial charge >= 0.3 is 5.69 Å². The molecule has 1 fully saturated rings. The van der Waals surface area contributed by atoms with Crippen LogP contribution in [0.15, 0.2) is 34.2 Å². The molecular weight excluding hydrogens is 398 g/mol. The summed E-state index contributed by atoms with van der Waals surface area (Å²) in [5, 5.41) is 2.95. The van der Waals surface area contributed by atoms with E-state index in [0.717, 1.165) is 29.0 Å². The molecule has 1 amide bonds. The molecule has 0 unspecified atom stereocenters. The predicted molar refractivity (Wildman–Crippen MR) is 117 cm³/mol. The maximum atomic E-state index is 12.5. The van der Waals surface area contributed by atoms with E-state index >= 15 is 0 Å². The van der Waals surface area contributed by atoms with Crippen LogP contribution in [0, 0.1) is 0 Å². The lowest BCUT2D eigenvalue weighted by Gasteiger charge is -2.17. The van der Waals surface area contributed by atoms with Gasteiger partial charge in [-0.25, -0.2) is 14.8 Å². The van der Waals surface area contributed by atoms with Crippen molar-refractivity contribution in [3.05, 3.63) is 51.1 Å². The summed E-state index contributed by atoms with van der Waals surface area (Å²) in [4.78, 5) is 47.7. The maximum Gasteiger partial charge on any atom is 0.332 e. The number of pyridine rings is 1. The summed E-state index contributed by atoms with van der Waals surface area (Å²) in [5.41, 5.74) is 0.952. The highest BCUT2D eigenvalue weighted by Gasteiger charge is 2.15. The van der Waals surface area contributed by atoms with E-state index in [4.69, 9.17) is 0 Å². The van der Waals surface area contributed by atoms with E-state index in [1.807, 2.05) is 12.1 Å². The first-order valence-corrected chi connectivity index (χ1v) is 10.5. The molecule has 1 N–H and O–H groups in total. The molecule has 31 heavy (non-hydrogen) atoms. The fourth-order valence-electron chi connectivity index (χ4n) is 3.96. The van der Waals surface area contributed by atoms with Crippen LogP contribution in [0.5, 0.6) is 0 Å². The molecule has 3 aromatic rings. The number of anilines is 1. The molecule has 3 aromatic heterocycles. The fraction of sp³-hybridized carbons (Fsp3) is 0.476. The Bertz CT molecular complexity index is 1220. The standard InChI is InChI=1S/C21H27N7O3/c1-25-19-18(20(30)26(2)21(25)31)28(14-24-19)11-5-6-17(29)23-13-15-7-8-22-16(12-15)27-9-3-4-10-27/h7-8,12,14H,3-6,9-11,13H2,1-2H3,(H,23,29). The molecule has 0 aliphatic carbocycles. The monoisotopic (exact) mass is 425 g/mol. The van der Waals surface area contributed by atoms with Gasteiger partial charge in [-0.1, -0.05) is 0 Å². The molecule has 1 aliphatic rings. The Labute approximate surface area is 179 Å². The van der Waals surface area contributed by atoms with Crippen LogP contribution in [-0.2, 0) is 32.0 Å². The number of fused-ring (bicyclic) bond motifs is 1. The van der Waals surface area contributed by atoms with Crippen molar-refractivity contribution in [2.75, 3.05) is 18.0 Å². The first-order valence-electron chi connectivity index (χ1n) is 10.5. The van der Waals surface area contributed by atoms with Crippen LogP contribution in [0.2, 0.25) is 0 Å². The van der Waals surface area contributed by atoms with E-state index in [2.05, 4.69) is 20.2 Å². The summed E-state index contributed by atoms with van der Waals surface area (Å²) < 4.78 is 4.12. The lowest BCUT2D eigenvalue weighted by molar-refractivity contribution is -0.121. The summed E-state index contributed by atoms with van der Waals surface area (Å²) in [6, 6.07) is 3.95. The van der Waals surface area contributed by atoms with E-state index in [1.54, 1.807) is 24.1 Å². The van der Waals surface area contributed by atoms with E-state index < -0.39 is 5.69 Å². The van der Waals surface area contributed by atoms with Gasteiger partial charge in [0, 0.05) is 52.9 Å². The maximum absolute atomic E-state index is 12.5. The number of nitrogens with zero attached hydrogens (tertiary/aromatic N) is 6. The Hall–Kier alpha value is -3.43. The van der Waals surface area contributed by atoms with Crippen LogP contribution in [0.4, 0.5) is 5.82 Å². The van der Waals surface area contributed by atoms with E-state index in [-0.39, 0.29) is 11.5 Å². The molecule has 0 spiro atoms. The second kappa shape index (κ2) is 8.75. The molecule has 4 heterocycles. The van der Waals surface area contributed by atoms with Gasteiger partial charge in [0.25, 0.3) is 5.56 Å². The molecule has 0 saturated carbocycles. The number of carbonyl (C=O) groups is 1. The molecule has 1 saturated heterocycles. The molecule has 0 aromatic carbocycles. The fourth-order valence-corrected chi connectivity index (χ4v) is 3.96. The third-order valence-electron chi connectivity index (χ3n) is 5.75. The summed E-state index contributed by atoms with van der Waals surface area (Å²) in [6.07, 6.45) is 6.59. The minimum Gasteiger partial charge on any atom is -0.357 e. The largest absolute Gasteiger partial charge is 0.357 e. The van der Waals surface area contributed by atoms with Gasteiger partial charge in [-0.3, -0.25) is 18.7 Å². The normalized spacial score (nSPS) is 13.8. The predicted octanol–water partition coefficient (Wildman–Crippen LogP) is 0.526. The molecule has 4 rings (SSSR count). The van der Waals surface area contributed by atoms with Gasteiger partial charge in [-0.05, 0) is 37.0 Å². The topological polar surface area (TPSA) is 107 Å². The third-order valence-corrected chi connectivity index (χ3v) is 5.75. The SMILES string of the molecule is Cn1c(=O)c2c(ncn2CCCC(=O)NCc2ccnc(N3CCCC3)c2)n(C)c1=O. The Morgan fingerprint density at radius 3 is 2.68 bits per heavy atom. The second-order valence-corrected chi connectivity index (χ2v) is 7.91. The van der Waals surface area contributed by atoms with Gasteiger partial charge in [-0.15, -0.1) is 0 Å². The van der Waals surface area contributed by atoms with Crippen molar-refractivity contribution in [2.24, 2.45) is 14.1 Å². The van der Waals surface area contributed by atoms with Gasteiger partial charge < -0.3 is 14.8 Å². The molecular formula is C21H27N7O3. The third kappa shape index (κ3) is 4.23. The van der Waals surface area contributed by atoms with Crippen LogP contribution in [0.25, 0.3) is 11.2 Å². The number of aromatic nitrogens is 5. The van der Waals surface area contributed by atoms with Crippen molar-refractivity contribution in [1.82, 2.24) is 29.0 Å². The zero-order chi connectivity index (χ0) is 22.0. The lowest BCUT2D eigenvalue weighted by Crippen LogP contribution is -2.37. The summed E-state index contributed by atoms with van der Waals surface area (Å²) in [6.45, 7) is 2.98. The quantitative estimate of drug-likeness (QED) is 0.592. The summed E-state index contributed by atoms with van der Waals surface area (Å²) in [7, 11) is 3.03. The number of imidazole rings is 1. The second-order valence-electron chi connectivity index (χ2n) is 7.91. The van der Waals surface area contributed by atoms with E-state index in [0.29, 0.717) is 37.1 Å². The minimum absolute atomic E-state index is 0.0516. The van der Waals surface area contributed by atoms with Crippen molar-refractivity contribution in [1.29, 1.82) is 0 Å². The number of nitrogens with one attached hydrogen (secondary N) is 1. The minimum atomic E-state index is -0.411. The number of carbonyl (C=O) groups excluding carboxylic acids is 1. The lowest BCUT2D eigenvalue weighted by atomic mass is 10.2. The van der Waals surface area contributed by atoms with Gasteiger partial charge in [-0.2, -0.15) is 0 Å². The average Bonchev–Trinajstić information content (AvgIpc) is 3.46. The number of amides is 1. The van der Waals surface area contributed by atoms with E-state index in [9.17, 15) is 14.4 Å². The zero-order valence-electron chi connectivity index (χ0n) is 17.9. The van der Waals surface area contributed by atoms with Crippen molar-refractivity contribution in [3.63, 3.8) is 0 Å². The van der Waals surface area contributed by atoms with Gasteiger partial charge in [0.2, 0.25) is 5.91 Å². The number of hydrogen-bond donors (Lipinski definition) is 1. The smallest absolute Gasteiger partial charge is 0.332 e. The Kier molecular flexibility index (Phi) is 5.88. The molecule has 10 heteroatoms. The first kappa shape index (κ1) is 20.8. The summed E-state index contributed by atoms with van der Waals surface area (Å²) >= 11 is 0. The first-order chi connectivity index (χ1) is 15.0. The van der Waals surface area contributed by atoms with Crippen LogP contribution in [-0.4, -0.2) is 42.7 Å². The van der Waals surface area contributed by atoms with Crippen molar-refractivity contribution in [3.8, 4) is 0 Å². The number of aryl methyl sites for hydroxylation is 2. The molecule has 164 valence electrons. The molecule has 1 aliphatic heterocycles. The van der Waals surface area contributed by atoms with Crippen molar-refractivity contribution in [2.45, 2.75) is 38.8 Å². The molecule has 0 atom stereocenters. The zero-order valence-corrected chi connectivity index (χ0v) is 17.9. The highest BCUT2D eigenvalue weighted by Crippen LogP contribution is 2.18. The number of rotatable bonds is 7. The van der Waals surface area contributed by atoms with Crippen LogP contribution >= 0.6 is 0 Å². The molecule has 0 bridgehead atoms. The van der Waals surface area contributed by atoms with Crippen molar-refractivity contribution >= 4 is 22.9 Å². The highest BCUT2D eigenvalue weighted by atomic mass is 16.2. The summed E-state index contributed by atoms with van der Waals surface area (Å²) in [5.74, 6) is 0.913.